The molecule has 3 N–H and O–H groups in total. The van der Waals surface area contributed by atoms with Gasteiger partial charge in [0.2, 0.25) is 35.4 Å². The van der Waals surface area contributed by atoms with Crippen molar-refractivity contribution in [3.63, 3.8) is 0 Å². The van der Waals surface area contributed by atoms with Crippen LogP contribution in [0.25, 0.3) is 0 Å². The van der Waals surface area contributed by atoms with E-state index in [1.54, 1.807) is 6.92 Å². The van der Waals surface area contributed by atoms with Gasteiger partial charge in [0.15, 0.2) is 0 Å². The van der Waals surface area contributed by atoms with Crippen molar-refractivity contribution < 1.29 is 28.8 Å². The van der Waals surface area contributed by atoms with Crippen LogP contribution in [0.4, 0.5) is 0 Å². The first kappa shape index (κ1) is 30.8. The molecule has 0 heterocycles. The van der Waals surface area contributed by atoms with Crippen molar-refractivity contribution in [2.24, 2.45) is 0 Å². The second kappa shape index (κ2) is 15.6. The molecule has 0 aliphatic heterocycles. The molecule has 0 saturated carbocycles. The first-order chi connectivity index (χ1) is 15.8. The van der Waals surface area contributed by atoms with Crippen LogP contribution in [0.1, 0.15) is 20.8 Å². The molecule has 34 heavy (non-hydrogen) atoms. The number of nitrogens with one attached hydrogen (secondary N) is 3. The number of carbonyl (C=O) groups is 6. The molecule has 0 fully saturated rings. The molecule has 0 saturated heterocycles. The van der Waals surface area contributed by atoms with E-state index >= 15 is 0 Å². The van der Waals surface area contributed by atoms with Crippen LogP contribution in [0, 0.1) is 0 Å². The minimum atomic E-state index is -0.562. The lowest BCUT2D eigenvalue weighted by molar-refractivity contribution is -0.141. The highest BCUT2D eigenvalue weighted by Crippen LogP contribution is 1.93. The molecule has 0 radical (unpaired) electrons. The van der Waals surface area contributed by atoms with Crippen molar-refractivity contribution in [3.05, 3.63) is 0 Å². The second-order valence-electron chi connectivity index (χ2n) is 8.27. The maximum Gasteiger partial charge on any atom is 0.242 e. The van der Waals surface area contributed by atoms with Crippen molar-refractivity contribution in [1.82, 2.24) is 35.6 Å². The van der Waals surface area contributed by atoms with Gasteiger partial charge in [0.1, 0.15) is 0 Å². The molecule has 0 spiro atoms. The predicted molar refractivity (Wildman–Crippen MR) is 125 cm³/mol. The Kier molecular flexibility index (Phi) is 14.1. The van der Waals surface area contributed by atoms with E-state index in [0.717, 1.165) is 9.80 Å². The Bertz CT molecular complexity index is 743. The van der Waals surface area contributed by atoms with Gasteiger partial charge in [-0.3, -0.25) is 28.8 Å². The summed E-state index contributed by atoms with van der Waals surface area (Å²) in [5, 5.41) is 7.95. The molecule has 13 nitrogen and oxygen atoms in total. The van der Waals surface area contributed by atoms with Gasteiger partial charge in [0.05, 0.1) is 39.3 Å². The van der Waals surface area contributed by atoms with E-state index in [9.17, 15) is 28.8 Å². The highest BCUT2D eigenvalue weighted by Gasteiger charge is 2.20. The van der Waals surface area contributed by atoms with Gasteiger partial charge in [-0.1, -0.05) is 13.8 Å². The van der Waals surface area contributed by atoms with Crippen LogP contribution in [-0.2, 0) is 28.8 Å². The summed E-state index contributed by atoms with van der Waals surface area (Å²) < 4.78 is 0. The van der Waals surface area contributed by atoms with E-state index in [0.29, 0.717) is 6.54 Å². The lowest BCUT2D eigenvalue weighted by Gasteiger charge is -2.23. The van der Waals surface area contributed by atoms with E-state index in [4.69, 9.17) is 0 Å². The van der Waals surface area contributed by atoms with Gasteiger partial charge in [-0.25, -0.2) is 0 Å². The van der Waals surface area contributed by atoms with Crippen molar-refractivity contribution in [3.8, 4) is 0 Å². The number of hydrogen-bond donors (Lipinski definition) is 3. The normalized spacial score (nSPS) is 10.4. The Morgan fingerprint density at radius 2 is 0.971 bits per heavy atom. The number of likely N-dealkylation sites (N-methyl/N-ethyl adjacent to an activating group) is 5. The summed E-state index contributed by atoms with van der Waals surface area (Å²) in [5.74, 6) is -2.49. The minimum Gasteiger partial charge on any atom is -0.355 e. The zero-order chi connectivity index (χ0) is 26.4. The summed E-state index contributed by atoms with van der Waals surface area (Å²) >= 11 is 0. The van der Waals surface area contributed by atoms with Crippen LogP contribution in [0.5, 0.6) is 0 Å². The van der Waals surface area contributed by atoms with Gasteiger partial charge >= 0.3 is 0 Å². The highest BCUT2D eigenvalue weighted by molar-refractivity contribution is 5.91. The molecule has 0 rings (SSSR count). The van der Waals surface area contributed by atoms with Crippen LogP contribution in [0.3, 0.4) is 0 Å². The smallest absolute Gasteiger partial charge is 0.242 e. The van der Waals surface area contributed by atoms with Crippen LogP contribution in [-0.4, -0.2) is 135 Å². The quantitative estimate of drug-likeness (QED) is 0.238. The summed E-state index contributed by atoms with van der Waals surface area (Å²) in [6.45, 7) is 4.90. The molecule has 0 aliphatic carbocycles. The standard InChI is InChI=1S/C21H39N7O6/c1-8-22-16(29)11-25(4)20(33)14-28(7)19(32)10-24-17(30)12-26(5)21(34)13-27(6)18(31)9-23-15(2)3/h15,23H,8-14H2,1-7H3,(H,22,29)(H,24,30). The van der Waals surface area contributed by atoms with Crippen molar-refractivity contribution in [2.45, 2.75) is 26.8 Å². The Hall–Kier alpha value is -3.22. The third kappa shape index (κ3) is 12.7. The summed E-state index contributed by atoms with van der Waals surface area (Å²) in [5.41, 5.74) is 0. The summed E-state index contributed by atoms with van der Waals surface area (Å²) in [6.07, 6.45) is 0. The van der Waals surface area contributed by atoms with Crippen LogP contribution >= 0.6 is 0 Å². The molecule has 0 bridgehead atoms. The number of hydrogen-bond acceptors (Lipinski definition) is 7. The average Bonchev–Trinajstić information content (AvgIpc) is 2.75. The zero-order valence-corrected chi connectivity index (χ0v) is 21.3. The highest BCUT2D eigenvalue weighted by atomic mass is 16.2. The molecule has 6 amide bonds. The fourth-order valence-electron chi connectivity index (χ4n) is 2.48. The molecule has 0 atom stereocenters. The van der Waals surface area contributed by atoms with Crippen molar-refractivity contribution >= 4 is 35.4 Å². The molecule has 0 aromatic heterocycles. The summed E-state index contributed by atoms with van der Waals surface area (Å²) in [6, 6.07) is 0.132. The Balaban J connectivity index is 4.43. The van der Waals surface area contributed by atoms with E-state index in [1.165, 1.54) is 38.0 Å². The Morgan fingerprint density at radius 1 is 0.588 bits per heavy atom. The third-order valence-corrected chi connectivity index (χ3v) is 4.68. The van der Waals surface area contributed by atoms with E-state index in [2.05, 4.69) is 16.0 Å². The number of nitrogens with zero attached hydrogens (tertiary/aromatic N) is 4. The fraction of sp³-hybridized carbons (Fsp3) is 0.714. The van der Waals surface area contributed by atoms with E-state index in [1.807, 2.05) is 13.8 Å². The summed E-state index contributed by atoms with van der Waals surface area (Å²) in [4.78, 5) is 77.1. The third-order valence-electron chi connectivity index (χ3n) is 4.68. The van der Waals surface area contributed by atoms with Crippen LogP contribution in [0.2, 0.25) is 0 Å². The molecule has 194 valence electrons. The van der Waals surface area contributed by atoms with Gasteiger partial charge < -0.3 is 35.6 Å². The largest absolute Gasteiger partial charge is 0.355 e. The molecule has 0 unspecified atom stereocenters. The molecular weight excluding hydrogens is 446 g/mol. The van der Waals surface area contributed by atoms with Crippen molar-refractivity contribution in [1.29, 1.82) is 0 Å². The monoisotopic (exact) mass is 485 g/mol. The first-order valence-electron chi connectivity index (χ1n) is 11.0. The van der Waals surface area contributed by atoms with Gasteiger partial charge in [0.25, 0.3) is 0 Å². The zero-order valence-electron chi connectivity index (χ0n) is 21.3. The van der Waals surface area contributed by atoms with Gasteiger partial charge in [-0.15, -0.1) is 0 Å². The lowest BCUT2D eigenvalue weighted by Crippen LogP contribution is -2.48. The number of carbonyl (C=O) groups excluding carboxylic acids is 6. The maximum absolute atomic E-state index is 12.3. The first-order valence-corrected chi connectivity index (χ1v) is 11.0. The molecule has 0 aliphatic rings. The van der Waals surface area contributed by atoms with Gasteiger partial charge in [0, 0.05) is 40.8 Å². The maximum atomic E-state index is 12.3. The Morgan fingerprint density at radius 3 is 1.38 bits per heavy atom. The average molecular weight is 486 g/mol. The second-order valence-corrected chi connectivity index (χ2v) is 8.27. The lowest BCUT2D eigenvalue weighted by atomic mass is 10.3. The predicted octanol–water partition coefficient (Wildman–Crippen LogP) is -2.93. The topological polar surface area (TPSA) is 151 Å². The molecule has 13 heteroatoms. The van der Waals surface area contributed by atoms with E-state index in [-0.39, 0.29) is 57.1 Å². The van der Waals surface area contributed by atoms with Crippen LogP contribution in [0.15, 0.2) is 0 Å². The SMILES string of the molecule is CCNC(=O)CN(C)C(=O)CN(C)C(=O)CNC(=O)CN(C)C(=O)CN(C)C(=O)CNC(C)C. The van der Waals surface area contributed by atoms with Gasteiger partial charge in [-0.05, 0) is 6.92 Å². The molecule has 0 aromatic rings. The Labute approximate surface area is 201 Å². The van der Waals surface area contributed by atoms with Crippen LogP contribution < -0.4 is 16.0 Å². The van der Waals surface area contributed by atoms with Gasteiger partial charge in [-0.2, -0.15) is 0 Å². The number of rotatable bonds is 14. The number of amides is 6. The fourth-order valence-corrected chi connectivity index (χ4v) is 2.48. The summed E-state index contributed by atoms with van der Waals surface area (Å²) in [7, 11) is 5.78. The van der Waals surface area contributed by atoms with E-state index < -0.39 is 23.6 Å². The van der Waals surface area contributed by atoms with Crippen molar-refractivity contribution in [2.75, 3.05) is 74.0 Å². The minimum absolute atomic E-state index is 0.103. The molecule has 0 aromatic carbocycles. The molecular formula is C21H39N7O6.